The van der Waals surface area contributed by atoms with Crippen LogP contribution in [0.5, 0.6) is 11.5 Å². The summed E-state index contributed by atoms with van der Waals surface area (Å²) in [6.07, 6.45) is 4.55. The Bertz CT molecular complexity index is 1090. The van der Waals surface area contributed by atoms with Gasteiger partial charge in [-0.1, -0.05) is 48.0 Å². The standard InChI is InChI=1S/C28H30N2O2/c1-21-8-13-25(14-9-21)32-26-15-10-22(11-16-26)12-17-28(31)30-20-23(19-29(2)3)18-24-6-4-5-7-27(24)30/h4-17,23H,18-20H2,1-3H3/b17-12+. The number of nitrogens with zero attached hydrogens (tertiary/aromatic N) is 2. The molecule has 0 N–H and O–H groups in total. The molecule has 3 aromatic rings. The minimum absolute atomic E-state index is 0.0147. The second kappa shape index (κ2) is 9.84. The highest BCUT2D eigenvalue weighted by atomic mass is 16.5. The molecule has 0 radical (unpaired) electrons. The number of ether oxygens (including phenoxy) is 1. The molecule has 1 unspecified atom stereocenters. The van der Waals surface area contributed by atoms with E-state index >= 15 is 0 Å². The van der Waals surface area contributed by atoms with Crippen LogP contribution in [0.15, 0.2) is 78.9 Å². The lowest BCUT2D eigenvalue weighted by molar-refractivity contribution is -0.114. The number of para-hydroxylation sites is 1. The minimum atomic E-state index is 0.0147. The summed E-state index contributed by atoms with van der Waals surface area (Å²) in [6.45, 7) is 3.75. The van der Waals surface area contributed by atoms with Gasteiger partial charge < -0.3 is 14.5 Å². The molecule has 4 heteroatoms. The zero-order chi connectivity index (χ0) is 22.5. The summed E-state index contributed by atoms with van der Waals surface area (Å²) in [5, 5.41) is 0. The second-order valence-electron chi connectivity index (χ2n) is 8.73. The van der Waals surface area contributed by atoms with Crippen LogP contribution in [0.4, 0.5) is 5.69 Å². The minimum Gasteiger partial charge on any atom is -0.457 e. The van der Waals surface area contributed by atoms with E-state index in [1.54, 1.807) is 6.08 Å². The van der Waals surface area contributed by atoms with E-state index in [0.717, 1.165) is 42.3 Å². The molecule has 0 saturated heterocycles. The summed E-state index contributed by atoms with van der Waals surface area (Å²) in [5.74, 6) is 2.02. The quantitative estimate of drug-likeness (QED) is 0.483. The smallest absolute Gasteiger partial charge is 0.251 e. The molecule has 3 aromatic carbocycles. The molecule has 0 saturated carbocycles. The maximum atomic E-state index is 13.1. The van der Waals surface area contributed by atoms with E-state index in [-0.39, 0.29) is 5.91 Å². The van der Waals surface area contributed by atoms with Gasteiger partial charge >= 0.3 is 0 Å². The van der Waals surface area contributed by atoms with Crippen LogP contribution in [0.25, 0.3) is 6.08 Å². The number of carbonyl (C=O) groups excluding carboxylic acids is 1. The van der Waals surface area contributed by atoms with E-state index in [2.05, 4.69) is 38.1 Å². The van der Waals surface area contributed by atoms with Gasteiger partial charge in [-0.3, -0.25) is 4.79 Å². The fraction of sp³-hybridized carbons (Fsp3) is 0.250. The van der Waals surface area contributed by atoms with Crippen LogP contribution in [-0.2, 0) is 11.2 Å². The van der Waals surface area contributed by atoms with Gasteiger partial charge in [-0.25, -0.2) is 0 Å². The normalized spacial score (nSPS) is 15.8. The lowest BCUT2D eigenvalue weighted by atomic mass is 9.92. The van der Waals surface area contributed by atoms with Crippen molar-refractivity contribution in [3.63, 3.8) is 0 Å². The van der Waals surface area contributed by atoms with Crippen molar-refractivity contribution in [2.75, 3.05) is 32.1 Å². The van der Waals surface area contributed by atoms with Crippen LogP contribution in [0.2, 0.25) is 0 Å². The largest absolute Gasteiger partial charge is 0.457 e. The van der Waals surface area contributed by atoms with Crippen LogP contribution in [0.3, 0.4) is 0 Å². The summed E-state index contributed by atoms with van der Waals surface area (Å²) in [7, 11) is 4.16. The molecule has 4 nitrogen and oxygen atoms in total. The Hall–Kier alpha value is -3.37. The molecule has 1 heterocycles. The molecule has 0 bridgehead atoms. The first-order valence-electron chi connectivity index (χ1n) is 11.0. The van der Waals surface area contributed by atoms with E-state index in [0.29, 0.717) is 5.92 Å². The Morgan fingerprint density at radius 1 is 1.00 bits per heavy atom. The molecule has 4 rings (SSSR count). The van der Waals surface area contributed by atoms with Gasteiger partial charge in [0.1, 0.15) is 11.5 Å². The van der Waals surface area contributed by atoms with Crippen molar-refractivity contribution < 1.29 is 9.53 Å². The summed E-state index contributed by atoms with van der Waals surface area (Å²) in [4.78, 5) is 17.2. The molecule has 0 spiro atoms. The summed E-state index contributed by atoms with van der Waals surface area (Å²) < 4.78 is 5.89. The summed E-state index contributed by atoms with van der Waals surface area (Å²) in [6, 6.07) is 24.0. The molecule has 1 atom stereocenters. The highest BCUT2D eigenvalue weighted by Gasteiger charge is 2.27. The molecule has 0 aromatic heterocycles. The molecule has 1 amide bonds. The molecule has 0 fully saturated rings. The average Bonchev–Trinajstić information content (AvgIpc) is 2.79. The van der Waals surface area contributed by atoms with Gasteiger partial charge in [0.2, 0.25) is 0 Å². The van der Waals surface area contributed by atoms with Crippen LogP contribution in [0.1, 0.15) is 16.7 Å². The zero-order valence-corrected chi connectivity index (χ0v) is 19.0. The number of rotatable bonds is 6. The fourth-order valence-electron chi connectivity index (χ4n) is 4.17. The van der Waals surface area contributed by atoms with Gasteiger partial charge in [-0.05, 0) is 80.9 Å². The third kappa shape index (κ3) is 5.45. The predicted octanol–water partition coefficient (Wildman–Crippen LogP) is 5.57. The van der Waals surface area contributed by atoms with Crippen molar-refractivity contribution in [1.29, 1.82) is 0 Å². The Morgan fingerprint density at radius 3 is 2.34 bits per heavy atom. The van der Waals surface area contributed by atoms with E-state index < -0.39 is 0 Å². The molecular formula is C28H30N2O2. The number of benzene rings is 3. The fourth-order valence-corrected chi connectivity index (χ4v) is 4.17. The second-order valence-corrected chi connectivity index (χ2v) is 8.73. The first-order chi connectivity index (χ1) is 15.5. The van der Waals surface area contributed by atoms with Gasteiger partial charge in [0.15, 0.2) is 0 Å². The Kier molecular flexibility index (Phi) is 6.72. The van der Waals surface area contributed by atoms with Crippen LogP contribution in [0, 0.1) is 12.8 Å². The molecular weight excluding hydrogens is 396 g/mol. The summed E-state index contributed by atoms with van der Waals surface area (Å²) >= 11 is 0. The zero-order valence-electron chi connectivity index (χ0n) is 19.0. The molecule has 32 heavy (non-hydrogen) atoms. The first kappa shape index (κ1) is 21.8. The van der Waals surface area contributed by atoms with Crippen LogP contribution < -0.4 is 9.64 Å². The summed E-state index contributed by atoms with van der Waals surface area (Å²) in [5.41, 5.74) is 4.43. The maximum Gasteiger partial charge on any atom is 0.251 e. The highest BCUT2D eigenvalue weighted by Crippen LogP contribution is 2.30. The number of amides is 1. The van der Waals surface area contributed by atoms with Crippen molar-refractivity contribution in [2.24, 2.45) is 5.92 Å². The van der Waals surface area contributed by atoms with Crippen molar-refractivity contribution in [1.82, 2.24) is 4.90 Å². The third-order valence-corrected chi connectivity index (χ3v) is 5.68. The van der Waals surface area contributed by atoms with Crippen LogP contribution >= 0.6 is 0 Å². The van der Waals surface area contributed by atoms with Crippen LogP contribution in [-0.4, -0.2) is 38.0 Å². The topological polar surface area (TPSA) is 32.8 Å². The Labute approximate surface area is 190 Å². The van der Waals surface area contributed by atoms with E-state index in [9.17, 15) is 4.79 Å². The van der Waals surface area contributed by atoms with Crippen molar-refractivity contribution in [2.45, 2.75) is 13.3 Å². The molecule has 164 valence electrons. The Morgan fingerprint density at radius 2 is 1.66 bits per heavy atom. The van der Waals surface area contributed by atoms with Crippen molar-refractivity contribution in [3.05, 3.63) is 95.6 Å². The SMILES string of the molecule is Cc1ccc(Oc2ccc(/C=C/C(=O)N3CC(CN(C)C)Cc4ccccc43)cc2)cc1. The molecule has 1 aliphatic rings. The van der Waals surface area contributed by atoms with Crippen molar-refractivity contribution in [3.8, 4) is 11.5 Å². The average molecular weight is 427 g/mol. The van der Waals surface area contributed by atoms with Gasteiger partial charge in [-0.15, -0.1) is 0 Å². The van der Waals surface area contributed by atoms with Gasteiger partial charge in [0.05, 0.1) is 0 Å². The van der Waals surface area contributed by atoms with E-state index in [1.807, 2.05) is 71.6 Å². The van der Waals surface area contributed by atoms with E-state index in [4.69, 9.17) is 4.74 Å². The van der Waals surface area contributed by atoms with Gasteiger partial charge in [0, 0.05) is 24.9 Å². The van der Waals surface area contributed by atoms with Gasteiger partial charge in [0.25, 0.3) is 5.91 Å². The predicted molar refractivity (Wildman–Crippen MR) is 131 cm³/mol. The first-order valence-corrected chi connectivity index (χ1v) is 11.0. The van der Waals surface area contributed by atoms with E-state index in [1.165, 1.54) is 11.1 Å². The Balaban J connectivity index is 1.44. The number of anilines is 1. The number of aryl methyl sites for hydroxylation is 1. The molecule has 0 aliphatic carbocycles. The monoisotopic (exact) mass is 426 g/mol. The van der Waals surface area contributed by atoms with Crippen molar-refractivity contribution >= 4 is 17.7 Å². The third-order valence-electron chi connectivity index (χ3n) is 5.68. The van der Waals surface area contributed by atoms with Gasteiger partial charge in [-0.2, -0.15) is 0 Å². The number of carbonyl (C=O) groups is 1. The lowest BCUT2D eigenvalue weighted by Gasteiger charge is -2.35. The number of hydrogen-bond acceptors (Lipinski definition) is 3. The highest BCUT2D eigenvalue weighted by molar-refractivity contribution is 6.04. The lowest BCUT2D eigenvalue weighted by Crippen LogP contribution is -2.42. The number of fused-ring (bicyclic) bond motifs is 1. The molecule has 1 aliphatic heterocycles. The maximum absolute atomic E-state index is 13.1. The number of hydrogen-bond donors (Lipinski definition) is 0.